The van der Waals surface area contributed by atoms with Gasteiger partial charge in [0.2, 0.25) is 0 Å². The Balaban J connectivity index is 2.06. The monoisotopic (exact) mass is 203 g/mol. The molecular formula is C11H22ClN. The number of halogens is 1. The summed E-state index contributed by atoms with van der Waals surface area (Å²) < 4.78 is 0. The smallest absolute Gasteiger partial charge is 0.0292 e. The van der Waals surface area contributed by atoms with Crippen LogP contribution in [0, 0.1) is 11.3 Å². The summed E-state index contributed by atoms with van der Waals surface area (Å²) in [6, 6.07) is 0. The van der Waals surface area contributed by atoms with Crippen LogP contribution in [0.15, 0.2) is 0 Å². The van der Waals surface area contributed by atoms with Crippen molar-refractivity contribution in [1.29, 1.82) is 0 Å². The van der Waals surface area contributed by atoms with E-state index >= 15 is 0 Å². The predicted molar refractivity (Wildman–Crippen MR) is 59.3 cm³/mol. The van der Waals surface area contributed by atoms with Crippen molar-refractivity contribution < 1.29 is 0 Å². The van der Waals surface area contributed by atoms with E-state index in [9.17, 15) is 0 Å². The summed E-state index contributed by atoms with van der Waals surface area (Å²) in [5.41, 5.74) is 0.480. The van der Waals surface area contributed by atoms with Crippen LogP contribution < -0.4 is 5.32 Å². The van der Waals surface area contributed by atoms with Gasteiger partial charge in [-0.1, -0.05) is 26.7 Å². The molecule has 0 aromatic rings. The molecule has 0 heterocycles. The van der Waals surface area contributed by atoms with Gasteiger partial charge in [0.1, 0.15) is 0 Å². The van der Waals surface area contributed by atoms with Crippen LogP contribution in [0.5, 0.6) is 0 Å². The molecule has 1 saturated carbocycles. The van der Waals surface area contributed by atoms with E-state index in [0.717, 1.165) is 18.3 Å². The topological polar surface area (TPSA) is 12.0 Å². The quantitative estimate of drug-likeness (QED) is 0.628. The third-order valence-electron chi connectivity index (χ3n) is 3.33. The standard InChI is InChI=1S/C11H22ClN/c1-3-10(4-2)7-13-9-11(8-12)5-6-11/h10,13H,3-9H2,1-2H3. The average Bonchev–Trinajstić information content (AvgIpc) is 2.93. The second-order valence-corrected chi connectivity index (χ2v) is 4.71. The Bertz CT molecular complexity index is 139. The van der Waals surface area contributed by atoms with Gasteiger partial charge in [-0.15, -0.1) is 11.6 Å². The number of hydrogen-bond donors (Lipinski definition) is 1. The maximum atomic E-state index is 5.90. The van der Waals surface area contributed by atoms with Crippen molar-refractivity contribution >= 4 is 11.6 Å². The first-order valence-corrected chi connectivity index (χ1v) is 6.06. The Hall–Kier alpha value is 0.250. The minimum atomic E-state index is 0.480. The van der Waals surface area contributed by atoms with Gasteiger partial charge in [0, 0.05) is 12.4 Å². The molecule has 0 amide bonds. The number of hydrogen-bond acceptors (Lipinski definition) is 1. The summed E-state index contributed by atoms with van der Waals surface area (Å²) >= 11 is 5.90. The lowest BCUT2D eigenvalue weighted by Gasteiger charge is -2.16. The summed E-state index contributed by atoms with van der Waals surface area (Å²) in [6.45, 7) is 6.84. The van der Waals surface area contributed by atoms with Crippen molar-refractivity contribution in [1.82, 2.24) is 5.32 Å². The van der Waals surface area contributed by atoms with Gasteiger partial charge in [-0.2, -0.15) is 0 Å². The lowest BCUT2D eigenvalue weighted by Crippen LogP contribution is -2.29. The molecule has 0 spiro atoms. The summed E-state index contributed by atoms with van der Waals surface area (Å²) in [6.07, 6.45) is 5.23. The van der Waals surface area contributed by atoms with Crippen molar-refractivity contribution in [2.75, 3.05) is 19.0 Å². The zero-order valence-corrected chi connectivity index (χ0v) is 9.66. The van der Waals surface area contributed by atoms with Crippen LogP contribution in [-0.4, -0.2) is 19.0 Å². The molecule has 0 saturated heterocycles. The number of alkyl halides is 1. The van der Waals surface area contributed by atoms with Crippen LogP contribution in [0.1, 0.15) is 39.5 Å². The molecule has 0 atom stereocenters. The average molecular weight is 204 g/mol. The Morgan fingerprint density at radius 1 is 1.31 bits per heavy atom. The van der Waals surface area contributed by atoms with Crippen LogP contribution in [0.4, 0.5) is 0 Å². The normalized spacial score (nSPS) is 19.4. The van der Waals surface area contributed by atoms with E-state index in [0.29, 0.717) is 5.41 Å². The van der Waals surface area contributed by atoms with Crippen molar-refractivity contribution in [2.24, 2.45) is 11.3 Å². The molecule has 0 unspecified atom stereocenters. The largest absolute Gasteiger partial charge is 0.316 e. The van der Waals surface area contributed by atoms with Crippen molar-refractivity contribution in [3.05, 3.63) is 0 Å². The Kier molecular flexibility index (Phi) is 4.54. The zero-order valence-electron chi connectivity index (χ0n) is 8.91. The SMILES string of the molecule is CCC(CC)CNCC1(CCl)CC1. The van der Waals surface area contributed by atoms with E-state index in [1.54, 1.807) is 0 Å². The second kappa shape index (κ2) is 5.21. The third-order valence-corrected chi connectivity index (χ3v) is 3.90. The van der Waals surface area contributed by atoms with Gasteiger partial charge in [0.05, 0.1) is 0 Å². The fraction of sp³-hybridized carbons (Fsp3) is 1.00. The van der Waals surface area contributed by atoms with Crippen molar-refractivity contribution in [2.45, 2.75) is 39.5 Å². The van der Waals surface area contributed by atoms with Gasteiger partial charge in [-0.05, 0) is 30.7 Å². The minimum absolute atomic E-state index is 0.480. The van der Waals surface area contributed by atoms with Gasteiger partial charge in [-0.25, -0.2) is 0 Å². The highest BCUT2D eigenvalue weighted by molar-refractivity contribution is 6.18. The van der Waals surface area contributed by atoms with Crippen LogP contribution in [0.3, 0.4) is 0 Å². The van der Waals surface area contributed by atoms with Gasteiger partial charge in [0.25, 0.3) is 0 Å². The molecule has 1 N–H and O–H groups in total. The van der Waals surface area contributed by atoms with Gasteiger partial charge < -0.3 is 5.32 Å². The number of nitrogens with one attached hydrogen (secondary N) is 1. The maximum absolute atomic E-state index is 5.90. The Morgan fingerprint density at radius 2 is 1.92 bits per heavy atom. The third kappa shape index (κ3) is 3.47. The summed E-state index contributed by atoms with van der Waals surface area (Å²) in [7, 11) is 0. The molecule has 1 rings (SSSR count). The minimum Gasteiger partial charge on any atom is -0.316 e. The second-order valence-electron chi connectivity index (χ2n) is 4.45. The first-order chi connectivity index (χ1) is 6.26. The molecule has 1 aliphatic carbocycles. The van der Waals surface area contributed by atoms with E-state index in [1.807, 2.05) is 0 Å². The molecule has 1 fully saturated rings. The summed E-state index contributed by atoms with van der Waals surface area (Å²) in [5, 5.41) is 3.56. The first-order valence-electron chi connectivity index (χ1n) is 5.53. The van der Waals surface area contributed by atoms with Crippen LogP contribution in [0.2, 0.25) is 0 Å². The van der Waals surface area contributed by atoms with E-state index in [1.165, 1.54) is 32.2 Å². The summed E-state index contributed by atoms with van der Waals surface area (Å²) in [4.78, 5) is 0. The number of rotatable bonds is 7. The fourth-order valence-electron chi connectivity index (χ4n) is 1.65. The Labute approximate surface area is 87.2 Å². The summed E-state index contributed by atoms with van der Waals surface area (Å²) in [5.74, 6) is 1.69. The van der Waals surface area contributed by atoms with Crippen LogP contribution in [0.25, 0.3) is 0 Å². The molecule has 0 aromatic heterocycles. The highest BCUT2D eigenvalue weighted by Crippen LogP contribution is 2.45. The Morgan fingerprint density at radius 3 is 2.31 bits per heavy atom. The molecule has 0 bridgehead atoms. The van der Waals surface area contributed by atoms with Gasteiger partial charge >= 0.3 is 0 Å². The van der Waals surface area contributed by atoms with Gasteiger partial charge in [-0.3, -0.25) is 0 Å². The van der Waals surface area contributed by atoms with E-state index < -0.39 is 0 Å². The maximum Gasteiger partial charge on any atom is 0.0292 e. The fourth-order valence-corrected chi connectivity index (χ4v) is 2.01. The molecule has 13 heavy (non-hydrogen) atoms. The molecule has 0 radical (unpaired) electrons. The van der Waals surface area contributed by atoms with Crippen LogP contribution in [-0.2, 0) is 0 Å². The van der Waals surface area contributed by atoms with E-state index in [-0.39, 0.29) is 0 Å². The molecule has 0 aromatic carbocycles. The lowest BCUT2D eigenvalue weighted by molar-refractivity contribution is 0.415. The highest BCUT2D eigenvalue weighted by Gasteiger charge is 2.41. The first kappa shape index (κ1) is 11.3. The molecule has 2 heteroatoms. The molecule has 78 valence electrons. The molecule has 1 nitrogen and oxygen atoms in total. The highest BCUT2D eigenvalue weighted by atomic mass is 35.5. The molecular weight excluding hydrogens is 182 g/mol. The van der Waals surface area contributed by atoms with Crippen molar-refractivity contribution in [3.63, 3.8) is 0 Å². The van der Waals surface area contributed by atoms with Gasteiger partial charge in [0.15, 0.2) is 0 Å². The lowest BCUT2D eigenvalue weighted by atomic mass is 10.0. The molecule has 0 aliphatic heterocycles. The van der Waals surface area contributed by atoms with E-state index in [4.69, 9.17) is 11.6 Å². The predicted octanol–water partition coefficient (Wildman–Crippen LogP) is 3.03. The zero-order chi connectivity index (χ0) is 9.73. The van der Waals surface area contributed by atoms with Crippen molar-refractivity contribution in [3.8, 4) is 0 Å². The molecule has 1 aliphatic rings. The van der Waals surface area contributed by atoms with E-state index in [2.05, 4.69) is 19.2 Å². The van der Waals surface area contributed by atoms with Crippen LogP contribution >= 0.6 is 11.6 Å².